The largest absolute Gasteiger partial charge is 0.460 e. The van der Waals surface area contributed by atoms with Crippen LogP contribution in [0.1, 0.15) is 58.0 Å². The number of benzene rings is 6. The topological polar surface area (TPSA) is 68.0 Å². The Hall–Kier alpha value is -7.18. The molecule has 3 aliphatic rings. The van der Waals surface area contributed by atoms with E-state index in [-0.39, 0.29) is 12.2 Å². The molecule has 1 N–H and O–H groups in total. The molecule has 57 heavy (non-hydrogen) atoms. The lowest BCUT2D eigenvalue weighted by Crippen LogP contribution is -2.36. The van der Waals surface area contributed by atoms with E-state index in [0.29, 0.717) is 0 Å². The molecule has 0 saturated carbocycles. The number of allylic oxidation sites excluding steroid dienone is 4. The lowest BCUT2D eigenvalue weighted by atomic mass is 9.82. The first-order chi connectivity index (χ1) is 28.2. The zero-order valence-electron chi connectivity index (χ0n) is 31.0. The van der Waals surface area contributed by atoms with Gasteiger partial charge in [0.1, 0.15) is 34.4 Å². The van der Waals surface area contributed by atoms with Gasteiger partial charge in [0.15, 0.2) is 6.17 Å². The van der Waals surface area contributed by atoms with E-state index in [4.69, 9.17) is 18.8 Å². The van der Waals surface area contributed by atoms with Crippen LogP contribution in [0.5, 0.6) is 0 Å². The van der Waals surface area contributed by atoms with Crippen LogP contribution in [-0.2, 0) is 12.8 Å². The van der Waals surface area contributed by atoms with Crippen molar-refractivity contribution < 1.29 is 8.83 Å². The van der Waals surface area contributed by atoms with Crippen LogP contribution in [0.2, 0.25) is 0 Å². The maximum Gasteiger partial charge on any atom is 0.169 e. The number of aryl methyl sites for hydroxylation is 1. The van der Waals surface area contributed by atoms with E-state index >= 15 is 0 Å². The fourth-order valence-electron chi connectivity index (χ4n) is 9.31. The highest BCUT2D eigenvalue weighted by Gasteiger charge is 2.33. The Morgan fingerprint density at radius 2 is 1.25 bits per heavy atom. The van der Waals surface area contributed by atoms with Crippen LogP contribution in [0.3, 0.4) is 0 Å². The van der Waals surface area contributed by atoms with Crippen LogP contribution in [0.4, 0.5) is 0 Å². The summed E-state index contributed by atoms with van der Waals surface area (Å²) in [5.41, 5.74) is 12.0. The van der Waals surface area contributed by atoms with Crippen molar-refractivity contribution in [3.05, 3.63) is 203 Å². The first-order valence-electron chi connectivity index (χ1n) is 19.7. The Labute approximate surface area is 328 Å². The number of nitrogens with zero attached hydrogens (tertiary/aromatic N) is 3. The average Bonchev–Trinajstić information content (AvgIpc) is 3.96. The van der Waals surface area contributed by atoms with Gasteiger partial charge >= 0.3 is 0 Å². The zero-order valence-corrected chi connectivity index (χ0v) is 31.0. The van der Waals surface area contributed by atoms with Crippen molar-refractivity contribution in [3.63, 3.8) is 0 Å². The number of hydrogen-bond acceptors (Lipinski definition) is 5. The van der Waals surface area contributed by atoms with E-state index in [2.05, 4.69) is 149 Å². The summed E-state index contributed by atoms with van der Waals surface area (Å²) in [5, 5.41) is 8.38. The van der Waals surface area contributed by atoms with Gasteiger partial charge in [0.05, 0.1) is 11.6 Å². The normalized spacial score (nSPS) is 17.8. The van der Waals surface area contributed by atoms with Crippen molar-refractivity contribution >= 4 is 66.6 Å². The molecular weight excluding hydrogens is 701 g/mol. The quantitative estimate of drug-likeness (QED) is 0.191. The Kier molecular flexibility index (Phi) is 7.14. The number of amidine groups is 2. The van der Waals surface area contributed by atoms with Crippen LogP contribution in [0, 0.1) is 0 Å². The van der Waals surface area contributed by atoms with Gasteiger partial charge in [-0.3, -0.25) is 0 Å². The van der Waals surface area contributed by atoms with Crippen LogP contribution in [-0.4, -0.2) is 16.2 Å². The third kappa shape index (κ3) is 5.10. The lowest BCUT2D eigenvalue weighted by molar-refractivity contribution is 0.545. The Balaban J connectivity index is 1.06. The molecule has 9 aromatic rings. The Bertz CT molecular complexity index is 3190. The standard InChI is InChI=1S/C51H36N4O2/c1-3-14-31(15-4-1)49-52-50(32-16-5-2-6-17-32)54-51(53-49)33-26-27-36-35-18-7-10-22-42(35)55(43(36)28-33)34-29-40-37-19-8-11-23-44(37)57-48(40)41(30-34)38-21-13-25-46-47(38)39-20-9-12-24-45(39)56-46/h1-12,14-24,26-28,30,34,49H,13,25,29H2,(H,52,53,54). The molecule has 0 saturated heterocycles. The first-order valence-corrected chi connectivity index (χ1v) is 19.7. The SMILES string of the molecule is C1=C(C2=CCCc3oc4ccccc4c32)c2oc3ccccc3c2CC1n1c2ccccc2c2ccc(C3=NC(c4ccccc4)N=C(c4ccccc4)N3)cc21. The summed E-state index contributed by atoms with van der Waals surface area (Å²) in [6.07, 6.45) is 7.05. The van der Waals surface area contributed by atoms with Crippen LogP contribution < -0.4 is 5.32 Å². The third-order valence-corrected chi connectivity index (χ3v) is 11.9. The fourth-order valence-corrected chi connectivity index (χ4v) is 9.31. The second-order valence-corrected chi connectivity index (χ2v) is 15.2. The second kappa shape index (κ2) is 12.7. The van der Waals surface area contributed by atoms with Gasteiger partial charge in [0.2, 0.25) is 0 Å². The summed E-state index contributed by atoms with van der Waals surface area (Å²) in [7, 11) is 0. The molecule has 3 aromatic heterocycles. The highest BCUT2D eigenvalue weighted by molar-refractivity contribution is 6.18. The number of aromatic nitrogens is 1. The van der Waals surface area contributed by atoms with E-state index in [1.54, 1.807) is 0 Å². The molecule has 2 atom stereocenters. The Morgan fingerprint density at radius 3 is 2.07 bits per heavy atom. The van der Waals surface area contributed by atoms with Gasteiger partial charge in [-0.25, -0.2) is 9.98 Å². The summed E-state index contributed by atoms with van der Waals surface area (Å²) in [6, 6.07) is 53.1. The molecule has 2 aliphatic carbocycles. The smallest absolute Gasteiger partial charge is 0.169 e. The van der Waals surface area contributed by atoms with Crippen LogP contribution in [0.15, 0.2) is 183 Å². The average molecular weight is 737 g/mol. The lowest BCUT2D eigenvalue weighted by Gasteiger charge is -2.27. The van der Waals surface area contributed by atoms with Gasteiger partial charge in [-0.1, -0.05) is 133 Å². The van der Waals surface area contributed by atoms with Crippen molar-refractivity contribution in [3.8, 4) is 0 Å². The zero-order chi connectivity index (χ0) is 37.5. The molecule has 2 unspecified atom stereocenters. The maximum absolute atomic E-state index is 6.81. The molecule has 272 valence electrons. The molecule has 4 heterocycles. The van der Waals surface area contributed by atoms with Crippen molar-refractivity contribution in [2.45, 2.75) is 31.5 Å². The molecule has 6 heteroatoms. The number of aliphatic imine (C=N–C) groups is 2. The molecule has 0 bridgehead atoms. The van der Waals surface area contributed by atoms with E-state index in [9.17, 15) is 0 Å². The number of fused-ring (bicyclic) bond motifs is 9. The fraction of sp³-hybridized carbons (Fsp3) is 0.0980. The van der Waals surface area contributed by atoms with Gasteiger partial charge in [0, 0.05) is 67.7 Å². The minimum absolute atomic E-state index is 0.00430. The van der Waals surface area contributed by atoms with Crippen molar-refractivity contribution in [1.82, 2.24) is 9.88 Å². The molecular formula is C51H36N4O2. The van der Waals surface area contributed by atoms with Gasteiger partial charge < -0.3 is 18.7 Å². The molecule has 12 rings (SSSR count). The van der Waals surface area contributed by atoms with E-state index < -0.39 is 0 Å². The van der Waals surface area contributed by atoms with Crippen molar-refractivity contribution in [2.75, 3.05) is 0 Å². The van der Waals surface area contributed by atoms with Gasteiger partial charge in [-0.05, 0) is 47.9 Å². The number of nitrogens with one attached hydrogen (secondary N) is 1. The minimum atomic E-state index is -0.372. The first kappa shape index (κ1) is 32.1. The molecule has 0 spiro atoms. The molecule has 6 aromatic carbocycles. The van der Waals surface area contributed by atoms with Gasteiger partial charge in [-0.15, -0.1) is 0 Å². The van der Waals surface area contributed by atoms with Crippen LogP contribution in [0.25, 0.3) is 54.9 Å². The van der Waals surface area contributed by atoms with Crippen molar-refractivity contribution in [2.24, 2.45) is 9.98 Å². The van der Waals surface area contributed by atoms with E-state index in [1.165, 1.54) is 38.4 Å². The highest BCUT2D eigenvalue weighted by atomic mass is 16.3. The number of hydrogen-bond donors (Lipinski definition) is 1. The number of furan rings is 2. The highest BCUT2D eigenvalue weighted by Crippen LogP contribution is 2.49. The molecule has 0 radical (unpaired) electrons. The summed E-state index contributed by atoms with van der Waals surface area (Å²) in [5.74, 6) is 3.61. The molecule has 0 amide bonds. The second-order valence-electron chi connectivity index (χ2n) is 15.2. The molecule has 6 nitrogen and oxygen atoms in total. The predicted molar refractivity (Wildman–Crippen MR) is 231 cm³/mol. The minimum Gasteiger partial charge on any atom is -0.460 e. The number of para-hydroxylation sites is 3. The van der Waals surface area contributed by atoms with Crippen LogP contribution >= 0.6 is 0 Å². The third-order valence-electron chi connectivity index (χ3n) is 11.9. The maximum atomic E-state index is 6.81. The summed E-state index contributed by atoms with van der Waals surface area (Å²) < 4.78 is 15.8. The monoisotopic (exact) mass is 736 g/mol. The molecule has 0 fully saturated rings. The predicted octanol–water partition coefficient (Wildman–Crippen LogP) is 12.0. The summed E-state index contributed by atoms with van der Waals surface area (Å²) in [4.78, 5) is 10.3. The van der Waals surface area contributed by atoms with Gasteiger partial charge in [0.25, 0.3) is 0 Å². The van der Waals surface area contributed by atoms with Crippen molar-refractivity contribution in [1.29, 1.82) is 0 Å². The van der Waals surface area contributed by atoms with E-state index in [0.717, 1.165) is 86.8 Å². The summed E-state index contributed by atoms with van der Waals surface area (Å²) >= 11 is 0. The molecule has 1 aliphatic heterocycles. The number of rotatable bonds is 5. The Morgan fingerprint density at radius 1 is 0.579 bits per heavy atom. The van der Waals surface area contributed by atoms with Gasteiger partial charge in [-0.2, -0.15) is 0 Å². The summed E-state index contributed by atoms with van der Waals surface area (Å²) in [6.45, 7) is 0. The van der Waals surface area contributed by atoms with E-state index in [1.807, 2.05) is 24.3 Å².